The van der Waals surface area contributed by atoms with Gasteiger partial charge in [-0.3, -0.25) is 4.79 Å². The summed E-state index contributed by atoms with van der Waals surface area (Å²) in [6, 6.07) is 5.28. The molecule has 0 aromatic heterocycles. The molecule has 0 fully saturated rings. The van der Waals surface area contributed by atoms with Gasteiger partial charge in [-0.15, -0.1) is 12.4 Å². The maximum absolute atomic E-state index is 12.1. The highest BCUT2D eigenvalue weighted by Gasteiger charge is 2.36. The van der Waals surface area contributed by atoms with E-state index >= 15 is 0 Å². The lowest BCUT2D eigenvalue weighted by Gasteiger charge is -2.29. The third kappa shape index (κ3) is 4.31. The average molecular weight is 310 g/mol. The van der Waals surface area contributed by atoms with Crippen molar-refractivity contribution in [2.24, 2.45) is 11.1 Å². The molecule has 0 amide bonds. The highest BCUT2D eigenvalue weighted by Crippen LogP contribution is 2.33. The predicted molar refractivity (Wildman–Crippen MR) is 73.0 cm³/mol. The van der Waals surface area contributed by atoms with Crippen LogP contribution >= 0.6 is 12.4 Å². The van der Waals surface area contributed by atoms with Crippen molar-refractivity contribution in [2.45, 2.75) is 26.5 Å². The number of hydrogen-bond acceptors (Lipinski definition) is 4. The summed E-state index contributed by atoms with van der Waals surface area (Å²) in [7, 11) is 1.27. The fourth-order valence-corrected chi connectivity index (χ4v) is 1.69. The van der Waals surface area contributed by atoms with Gasteiger partial charge in [0.2, 0.25) is 0 Å². The Balaban J connectivity index is 0.00000361. The van der Waals surface area contributed by atoms with Crippen molar-refractivity contribution in [2.75, 3.05) is 7.11 Å². The van der Waals surface area contributed by atoms with Gasteiger partial charge in [0.1, 0.15) is 5.75 Å². The van der Waals surface area contributed by atoms with Crippen LogP contribution in [0.25, 0.3) is 0 Å². The molecule has 20 heavy (non-hydrogen) atoms. The van der Waals surface area contributed by atoms with Crippen LogP contribution < -0.4 is 10.5 Å². The largest absolute Gasteiger partial charge is 0.469 e. The van der Waals surface area contributed by atoms with Gasteiger partial charge < -0.3 is 15.2 Å². The highest BCUT2D eigenvalue weighted by molar-refractivity contribution is 5.85. The molecule has 1 rings (SSSR count). The first kappa shape index (κ1) is 18.6. The normalized spacial score (nSPS) is 12.6. The van der Waals surface area contributed by atoms with E-state index < -0.39 is 24.0 Å². The molecule has 1 aromatic carbocycles. The number of ether oxygens (including phenoxy) is 2. The Morgan fingerprint density at radius 3 is 2.45 bits per heavy atom. The zero-order valence-electron chi connectivity index (χ0n) is 11.4. The topological polar surface area (TPSA) is 61.5 Å². The molecule has 0 spiro atoms. The van der Waals surface area contributed by atoms with Crippen LogP contribution in [-0.2, 0) is 9.53 Å². The average Bonchev–Trinajstić information content (AvgIpc) is 2.36. The van der Waals surface area contributed by atoms with Gasteiger partial charge in [-0.25, -0.2) is 0 Å². The minimum Gasteiger partial charge on any atom is -0.469 e. The number of hydrogen-bond donors (Lipinski definition) is 1. The second kappa shape index (κ2) is 7.40. The zero-order valence-corrected chi connectivity index (χ0v) is 12.2. The summed E-state index contributed by atoms with van der Waals surface area (Å²) >= 11 is 0. The van der Waals surface area contributed by atoms with E-state index in [2.05, 4.69) is 9.47 Å². The Kier molecular flexibility index (Phi) is 6.88. The van der Waals surface area contributed by atoms with Gasteiger partial charge in [0, 0.05) is 6.04 Å². The number of esters is 1. The van der Waals surface area contributed by atoms with Crippen molar-refractivity contribution >= 4 is 18.4 Å². The van der Waals surface area contributed by atoms with Gasteiger partial charge in [0.15, 0.2) is 0 Å². The standard InChI is InChI=1S/C13H17F2NO3.ClH/c1-13(2,11(17)18-3)10(16)8-5-4-6-9(7-8)19-12(14)15;/h4-7,10,12H,16H2,1-3H3;1H/t10-;/m1./s1. The third-order valence-corrected chi connectivity index (χ3v) is 2.93. The van der Waals surface area contributed by atoms with E-state index in [-0.39, 0.29) is 18.2 Å². The Hall–Kier alpha value is -1.40. The summed E-state index contributed by atoms with van der Waals surface area (Å²) < 4.78 is 33.3. The van der Waals surface area contributed by atoms with Gasteiger partial charge >= 0.3 is 12.6 Å². The van der Waals surface area contributed by atoms with E-state index in [0.29, 0.717) is 5.56 Å². The van der Waals surface area contributed by atoms with Crippen molar-refractivity contribution < 1.29 is 23.0 Å². The smallest absolute Gasteiger partial charge is 0.387 e. The molecule has 0 unspecified atom stereocenters. The summed E-state index contributed by atoms with van der Waals surface area (Å²) in [4.78, 5) is 11.7. The van der Waals surface area contributed by atoms with Crippen LogP contribution in [0.2, 0.25) is 0 Å². The fourth-order valence-electron chi connectivity index (χ4n) is 1.69. The van der Waals surface area contributed by atoms with Crippen molar-refractivity contribution in [1.82, 2.24) is 0 Å². The number of nitrogens with two attached hydrogens (primary N) is 1. The molecule has 1 atom stereocenters. The molecular weight excluding hydrogens is 292 g/mol. The third-order valence-electron chi connectivity index (χ3n) is 2.93. The van der Waals surface area contributed by atoms with Crippen LogP contribution in [0.5, 0.6) is 5.75 Å². The van der Waals surface area contributed by atoms with Crippen molar-refractivity contribution in [1.29, 1.82) is 0 Å². The van der Waals surface area contributed by atoms with Crippen LogP contribution in [-0.4, -0.2) is 19.7 Å². The van der Waals surface area contributed by atoms with Crippen molar-refractivity contribution in [3.8, 4) is 5.75 Å². The Labute approximate surface area is 122 Å². The maximum Gasteiger partial charge on any atom is 0.387 e. The molecule has 0 radical (unpaired) electrons. The van der Waals surface area contributed by atoms with E-state index in [0.717, 1.165) is 0 Å². The number of benzene rings is 1. The molecule has 114 valence electrons. The molecule has 0 heterocycles. The number of carbonyl (C=O) groups excluding carboxylic acids is 1. The minimum absolute atomic E-state index is 0. The van der Waals surface area contributed by atoms with E-state index in [9.17, 15) is 13.6 Å². The van der Waals surface area contributed by atoms with Gasteiger partial charge in [-0.2, -0.15) is 8.78 Å². The van der Waals surface area contributed by atoms with Crippen LogP contribution in [0.1, 0.15) is 25.5 Å². The number of halogens is 3. The second-order valence-corrected chi connectivity index (χ2v) is 4.64. The summed E-state index contributed by atoms with van der Waals surface area (Å²) in [5, 5.41) is 0. The number of methoxy groups -OCH3 is 1. The number of alkyl halides is 2. The molecule has 0 aliphatic heterocycles. The SMILES string of the molecule is COC(=O)C(C)(C)[C@H](N)c1cccc(OC(F)F)c1.Cl. The summed E-state index contributed by atoms with van der Waals surface area (Å²) in [5.41, 5.74) is 5.55. The Bertz CT molecular complexity index is 455. The Morgan fingerprint density at radius 2 is 1.95 bits per heavy atom. The number of carbonyl (C=O) groups is 1. The lowest BCUT2D eigenvalue weighted by molar-refractivity contribution is -0.152. The van der Waals surface area contributed by atoms with Gasteiger partial charge in [0.05, 0.1) is 12.5 Å². The van der Waals surface area contributed by atoms with Crippen molar-refractivity contribution in [3.05, 3.63) is 29.8 Å². The Morgan fingerprint density at radius 1 is 1.35 bits per heavy atom. The lowest BCUT2D eigenvalue weighted by atomic mass is 9.81. The second-order valence-electron chi connectivity index (χ2n) is 4.64. The first-order valence-corrected chi connectivity index (χ1v) is 5.67. The van der Waals surface area contributed by atoms with Gasteiger partial charge in [-0.05, 0) is 31.5 Å². The van der Waals surface area contributed by atoms with E-state index in [1.165, 1.54) is 19.2 Å². The van der Waals surface area contributed by atoms with Crippen molar-refractivity contribution in [3.63, 3.8) is 0 Å². The van der Waals surface area contributed by atoms with E-state index in [1.807, 2.05) is 0 Å². The summed E-state index contributed by atoms with van der Waals surface area (Å²) in [6.07, 6.45) is 0. The molecule has 0 bridgehead atoms. The molecule has 1 aromatic rings. The molecule has 4 nitrogen and oxygen atoms in total. The molecule has 0 saturated heterocycles. The van der Waals surface area contributed by atoms with Crippen LogP contribution in [0, 0.1) is 5.41 Å². The van der Waals surface area contributed by atoms with Gasteiger partial charge in [0.25, 0.3) is 0 Å². The monoisotopic (exact) mass is 309 g/mol. The highest BCUT2D eigenvalue weighted by atomic mass is 35.5. The lowest BCUT2D eigenvalue weighted by Crippen LogP contribution is -2.37. The van der Waals surface area contributed by atoms with Gasteiger partial charge in [-0.1, -0.05) is 12.1 Å². The molecule has 0 saturated carbocycles. The first-order chi connectivity index (χ1) is 8.78. The quantitative estimate of drug-likeness (QED) is 0.850. The zero-order chi connectivity index (χ0) is 14.6. The minimum atomic E-state index is -2.90. The predicted octanol–water partition coefficient (Wildman–Crippen LogP) is 2.91. The summed E-state index contributed by atoms with van der Waals surface area (Å²) in [6.45, 7) is 0.356. The fraction of sp³-hybridized carbons (Fsp3) is 0.462. The molecule has 0 aliphatic rings. The number of rotatable bonds is 5. The van der Waals surface area contributed by atoms with E-state index in [4.69, 9.17) is 5.73 Å². The van der Waals surface area contributed by atoms with Crippen LogP contribution in [0.15, 0.2) is 24.3 Å². The van der Waals surface area contributed by atoms with Crippen LogP contribution in [0.3, 0.4) is 0 Å². The van der Waals surface area contributed by atoms with E-state index in [1.54, 1.807) is 26.0 Å². The molecule has 2 N–H and O–H groups in total. The van der Waals surface area contributed by atoms with Crippen LogP contribution in [0.4, 0.5) is 8.78 Å². The molecule has 0 aliphatic carbocycles. The molecule has 7 heteroatoms. The maximum atomic E-state index is 12.1. The summed E-state index contributed by atoms with van der Waals surface area (Å²) in [5.74, 6) is -0.469. The first-order valence-electron chi connectivity index (χ1n) is 5.67. The molecular formula is C13H18ClF2NO3.